The molecular formula is C11H11BrN2O. The minimum Gasteiger partial charge on any atom is -0.333 e. The Labute approximate surface area is 96.6 Å². The Bertz CT molecular complexity index is 482. The Kier molecular flexibility index (Phi) is 2.61. The van der Waals surface area contributed by atoms with Gasteiger partial charge in [0.05, 0.1) is 0 Å². The van der Waals surface area contributed by atoms with Gasteiger partial charge in [0, 0.05) is 5.56 Å². The molecular weight excluding hydrogens is 256 g/mol. The highest BCUT2D eigenvalue weighted by molar-refractivity contribution is 9.10. The maximum atomic E-state index is 5.14. The first-order chi connectivity index (χ1) is 7.08. The van der Waals surface area contributed by atoms with Crippen LogP contribution in [-0.2, 0) is 0 Å². The van der Waals surface area contributed by atoms with Gasteiger partial charge in [0.1, 0.15) is 0 Å². The van der Waals surface area contributed by atoms with Crippen LogP contribution in [0.5, 0.6) is 0 Å². The van der Waals surface area contributed by atoms with E-state index in [0.717, 1.165) is 16.7 Å². The van der Waals surface area contributed by atoms with Gasteiger partial charge in [-0.05, 0) is 53.0 Å². The summed E-state index contributed by atoms with van der Waals surface area (Å²) >= 11 is 3.18. The Morgan fingerprint density at radius 2 is 1.73 bits per heavy atom. The van der Waals surface area contributed by atoms with Crippen molar-refractivity contribution in [2.24, 2.45) is 0 Å². The molecule has 0 aliphatic carbocycles. The van der Waals surface area contributed by atoms with Crippen LogP contribution in [0.15, 0.2) is 21.4 Å². The molecule has 0 saturated heterocycles. The third-order valence-corrected chi connectivity index (χ3v) is 2.61. The number of hydrogen-bond acceptors (Lipinski definition) is 3. The van der Waals surface area contributed by atoms with Gasteiger partial charge in [-0.1, -0.05) is 17.7 Å². The molecule has 1 aromatic carbocycles. The van der Waals surface area contributed by atoms with E-state index < -0.39 is 0 Å². The van der Waals surface area contributed by atoms with Crippen molar-refractivity contribution in [2.45, 2.75) is 20.8 Å². The van der Waals surface area contributed by atoms with Gasteiger partial charge in [-0.3, -0.25) is 0 Å². The van der Waals surface area contributed by atoms with Crippen LogP contribution in [0, 0.1) is 20.8 Å². The smallest absolute Gasteiger partial charge is 0.259 e. The van der Waals surface area contributed by atoms with Gasteiger partial charge in [0.15, 0.2) is 0 Å². The van der Waals surface area contributed by atoms with Crippen molar-refractivity contribution in [3.05, 3.63) is 33.6 Å². The van der Waals surface area contributed by atoms with Gasteiger partial charge >= 0.3 is 0 Å². The highest BCUT2D eigenvalue weighted by Crippen LogP contribution is 2.27. The van der Waals surface area contributed by atoms with E-state index in [9.17, 15) is 0 Å². The zero-order valence-electron chi connectivity index (χ0n) is 8.84. The molecule has 2 rings (SSSR count). The second-order valence-electron chi connectivity index (χ2n) is 3.64. The number of rotatable bonds is 1. The Morgan fingerprint density at radius 3 is 2.20 bits per heavy atom. The molecule has 0 aliphatic rings. The zero-order chi connectivity index (χ0) is 11.0. The molecule has 1 aromatic heterocycles. The van der Waals surface area contributed by atoms with Crippen LogP contribution in [0.4, 0.5) is 0 Å². The topological polar surface area (TPSA) is 38.9 Å². The lowest BCUT2D eigenvalue weighted by atomic mass is 10.00. The number of nitrogens with zero attached hydrogens (tertiary/aromatic N) is 2. The Morgan fingerprint density at radius 1 is 1.13 bits per heavy atom. The number of aryl methyl sites for hydroxylation is 3. The molecule has 2 aromatic rings. The molecule has 4 heteroatoms. The van der Waals surface area contributed by atoms with Crippen molar-refractivity contribution < 1.29 is 4.52 Å². The van der Waals surface area contributed by atoms with E-state index in [1.54, 1.807) is 0 Å². The summed E-state index contributed by atoms with van der Waals surface area (Å²) in [6, 6.07) is 4.22. The van der Waals surface area contributed by atoms with E-state index in [1.807, 2.05) is 13.8 Å². The van der Waals surface area contributed by atoms with Crippen LogP contribution < -0.4 is 0 Å². The lowest BCUT2D eigenvalue weighted by Crippen LogP contribution is -1.89. The standard InChI is InChI=1S/C11H11BrN2O/c1-6-4-7(2)9(8(3)5-6)10-13-11(12)14-15-10/h4-5H,1-3H3. The van der Waals surface area contributed by atoms with Gasteiger partial charge in [-0.25, -0.2) is 0 Å². The lowest BCUT2D eigenvalue weighted by molar-refractivity contribution is 0.426. The summed E-state index contributed by atoms with van der Waals surface area (Å²) < 4.78 is 5.63. The van der Waals surface area contributed by atoms with Crippen LogP contribution in [0.1, 0.15) is 16.7 Å². The highest BCUT2D eigenvalue weighted by Gasteiger charge is 2.12. The maximum absolute atomic E-state index is 5.14. The molecule has 0 bridgehead atoms. The van der Waals surface area contributed by atoms with Gasteiger partial charge < -0.3 is 4.52 Å². The van der Waals surface area contributed by atoms with Gasteiger partial charge in [-0.2, -0.15) is 4.98 Å². The second-order valence-corrected chi connectivity index (χ2v) is 4.35. The molecule has 0 amide bonds. The van der Waals surface area contributed by atoms with Crippen molar-refractivity contribution in [3.63, 3.8) is 0 Å². The minimum atomic E-state index is 0.483. The molecule has 0 fully saturated rings. The molecule has 0 radical (unpaired) electrons. The summed E-state index contributed by atoms with van der Waals surface area (Å²) in [4.78, 5) is 4.17. The molecule has 0 unspecified atom stereocenters. The molecule has 1 heterocycles. The fourth-order valence-corrected chi connectivity index (χ4v) is 2.06. The first-order valence-corrected chi connectivity index (χ1v) is 5.44. The molecule has 3 nitrogen and oxygen atoms in total. The summed E-state index contributed by atoms with van der Waals surface area (Å²) in [7, 11) is 0. The van der Waals surface area contributed by atoms with Crippen LogP contribution in [0.2, 0.25) is 0 Å². The van der Waals surface area contributed by atoms with Crippen LogP contribution in [0.3, 0.4) is 0 Å². The van der Waals surface area contributed by atoms with Gasteiger partial charge in [0.2, 0.25) is 4.73 Å². The fourth-order valence-electron chi connectivity index (χ4n) is 1.82. The summed E-state index contributed by atoms with van der Waals surface area (Å²) in [6.07, 6.45) is 0. The van der Waals surface area contributed by atoms with E-state index in [4.69, 9.17) is 4.52 Å². The van der Waals surface area contributed by atoms with Crippen molar-refractivity contribution in [1.82, 2.24) is 10.1 Å². The summed E-state index contributed by atoms with van der Waals surface area (Å²) in [5.41, 5.74) is 4.58. The van der Waals surface area contributed by atoms with E-state index >= 15 is 0 Å². The SMILES string of the molecule is Cc1cc(C)c(-c2nc(Br)no2)c(C)c1. The number of halogens is 1. The average Bonchev–Trinajstić information content (AvgIpc) is 2.49. The third-order valence-electron chi connectivity index (χ3n) is 2.29. The number of aromatic nitrogens is 2. The second kappa shape index (κ2) is 3.77. The quantitative estimate of drug-likeness (QED) is 0.794. The third kappa shape index (κ3) is 1.95. The average molecular weight is 267 g/mol. The van der Waals surface area contributed by atoms with Crippen molar-refractivity contribution in [2.75, 3.05) is 0 Å². The first kappa shape index (κ1) is 10.4. The molecule has 0 atom stereocenters. The first-order valence-electron chi connectivity index (χ1n) is 4.65. The molecule has 0 aliphatic heterocycles. The van der Waals surface area contributed by atoms with Gasteiger partial charge in [0.25, 0.3) is 5.89 Å². The zero-order valence-corrected chi connectivity index (χ0v) is 10.4. The molecule has 78 valence electrons. The molecule has 0 spiro atoms. The summed E-state index contributed by atoms with van der Waals surface area (Å²) in [6.45, 7) is 6.17. The predicted octanol–water partition coefficient (Wildman–Crippen LogP) is 3.42. The minimum absolute atomic E-state index is 0.483. The van der Waals surface area contributed by atoms with E-state index in [-0.39, 0.29) is 0 Å². The van der Waals surface area contributed by atoms with E-state index in [1.165, 1.54) is 5.56 Å². The number of benzene rings is 1. The molecule has 0 N–H and O–H groups in total. The van der Waals surface area contributed by atoms with Crippen LogP contribution in [-0.4, -0.2) is 10.1 Å². The Hall–Kier alpha value is -1.16. The highest BCUT2D eigenvalue weighted by atomic mass is 79.9. The largest absolute Gasteiger partial charge is 0.333 e. The fraction of sp³-hybridized carbons (Fsp3) is 0.273. The monoisotopic (exact) mass is 266 g/mol. The van der Waals surface area contributed by atoms with Crippen LogP contribution in [0.25, 0.3) is 11.5 Å². The van der Waals surface area contributed by atoms with E-state index in [0.29, 0.717) is 10.6 Å². The summed E-state index contributed by atoms with van der Waals surface area (Å²) in [5, 5.41) is 3.73. The maximum Gasteiger partial charge on any atom is 0.259 e. The van der Waals surface area contributed by atoms with Crippen molar-refractivity contribution in [3.8, 4) is 11.5 Å². The molecule has 0 saturated carbocycles. The normalized spacial score (nSPS) is 10.7. The van der Waals surface area contributed by atoms with E-state index in [2.05, 4.69) is 45.1 Å². The predicted molar refractivity (Wildman–Crippen MR) is 61.6 cm³/mol. The lowest BCUT2D eigenvalue weighted by Gasteiger charge is -2.06. The van der Waals surface area contributed by atoms with Crippen molar-refractivity contribution in [1.29, 1.82) is 0 Å². The summed E-state index contributed by atoms with van der Waals surface area (Å²) in [5.74, 6) is 0.567. The number of hydrogen-bond donors (Lipinski definition) is 0. The molecule has 15 heavy (non-hydrogen) atoms. The Balaban J connectivity index is 2.62. The van der Waals surface area contributed by atoms with Crippen molar-refractivity contribution >= 4 is 15.9 Å². The van der Waals surface area contributed by atoms with Crippen LogP contribution >= 0.6 is 15.9 Å². The van der Waals surface area contributed by atoms with Gasteiger partial charge in [-0.15, -0.1) is 0 Å².